The van der Waals surface area contributed by atoms with Gasteiger partial charge in [0.2, 0.25) is 0 Å². The number of carbonyl (C=O) groups is 1. The Balaban J connectivity index is 1.77. The zero-order chi connectivity index (χ0) is 13.0. The average Bonchev–Trinajstić information content (AvgIpc) is 2.83. The molecule has 2 fully saturated rings. The molecule has 104 valence electrons. The molecule has 18 heavy (non-hydrogen) atoms. The van der Waals surface area contributed by atoms with Crippen LogP contribution < -0.4 is 5.73 Å². The zero-order valence-corrected chi connectivity index (χ0v) is 11.5. The molecule has 1 spiro atoms. The Morgan fingerprint density at radius 3 is 3.11 bits per heavy atom. The fraction of sp³-hybridized carbons (Fsp3) is 0.917. The van der Waals surface area contributed by atoms with Crippen molar-refractivity contribution in [3.8, 4) is 0 Å². The second kappa shape index (κ2) is 6.23. The van der Waals surface area contributed by atoms with Gasteiger partial charge in [0.1, 0.15) is 6.04 Å². The van der Waals surface area contributed by atoms with E-state index in [4.69, 9.17) is 15.2 Å². The van der Waals surface area contributed by atoms with E-state index in [1.807, 2.05) is 0 Å². The predicted octanol–water partition coefficient (Wildman–Crippen LogP) is 0.558. The SMILES string of the molecule is COC(=O)C(N)CSC1CCOC2(CCOC2)C1. The first kappa shape index (κ1) is 14.1. The molecule has 0 saturated carbocycles. The fourth-order valence-corrected chi connectivity index (χ4v) is 3.75. The summed E-state index contributed by atoms with van der Waals surface area (Å²) >= 11 is 1.75. The fourth-order valence-electron chi connectivity index (χ4n) is 2.45. The van der Waals surface area contributed by atoms with Crippen molar-refractivity contribution in [2.24, 2.45) is 5.73 Å². The summed E-state index contributed by atoms with van der Waals surface area (Å²) in [7, 11) is 1.37. The summed E-state index contributed by atoms with van der Waals surface area (Å²) in [6.07, 6.45) is 2.99. The van der Waals surface area contributed by atoms with E-state index in [9.17, 15) is 4.79 Å². The van der Waals surface area contributed by atoms with E-state index < -0.39 is 6.04 Å². The van der Waals surface area contributed by atoms with Gasteiger partial charge in [-0.05, 0) is 12.8 Å². The van der Waals surface area contributed by atoms with Crippen molar-refractivity contribution >= 4 is 17.7 Å². The maximum Gasteiger partial charge on any atom is 0.323 e. The minimum atomic E-state index is -0.529. The highest BCUT2D eigenvalue weighted by atomic mass is 32.2. The van der Waals surface area contributed by atoms with E-state index in [-0.39, 0.29) is 11.6 Å². The van der Waals surface area contributed by atoms with Gasteiger partial charge in [-0.2, -0.15) is 11.8 Å². The van der Waals surface area contributed by atoms with Gasteiger partial charge in [-0.1, -0.05) is 0 Å². The molecule has 2 saturated heterocycles. The number of carbonyl (C=O) groups excluding carboxylic acids is 1. The average molecular weight is 275 g/mol. The van der Waals surface area contributed by atoms with Crippen LogP contribution in [0.3, 0.4) is 0 Å². The first-order valence-electron chi connectivity index (χ1n) is 6.32. The maximum atomic E-state index is 11.2. The molecule has 3 atom stereocenters. The lowest BCUT2D eigenvalue weighted by Crippen LogP contribution is -2.42. The highest BCUT2D eigenvalue weighted by molar-refractivity contribution is 8.00. The number of esters is 1. The summed E-state index contributed by atoms with van der Waals surface area (Å²) in [4.78, 5) is 11.2. The molecular weight excluding hydrogens is 254 g/mol. The van der Waals surface area contributed by atoms with Gasteiger partial charge >= 0.3 is 5.97 Å². The summed E-state index contributed by atoms with van der Waals surface area (Å²) in [5, 5.41) is 0.496. The Morgan fingerprint density at radius 2 is 2.44 bits per heavy atom. The molecule has 0 aromatic heterocycles. The van der Waals surface area contributed by atoms with Crippen molar-refractivity contribution in [3.63, 3.8) is 0 Å². The third-order valence-electron chi connectivity index (χ3n) is 3.53. The van der Waals surface area contributed by atoms with Crippen LogP contribution in [0.15, 0.2) is 0 Å². The van der Waals surface area contributed by atoms with Crippen LogP contribution in [-0.4, -0.2) is 55.5 Å². The Hall–Kier alpha value is -0.300. The molecule has 2 rings (SSSR count). The van der Waals surface area contributed by atoms with Crippen molar-refractivity contribution in [1.82, 2.24) is 0 Å². The third kappa shape index (κ3) is 3.38. The van der Waals surface area contributed by atoms with Crippen molar-refractivity contribution in [2.45, 2.75) is 36.2 Å². The number of hydrogen-bond acceptors (Lipinski definition) is 6. The Morgan fingerprint density at radius 1 is 1.61 bits per heavy atom. The van der Waals surface area contributed by atoms with E-state index in [0.29, 0.717) is 17.6 Å². The first-order chi connectivity index (χ1) is 8.65. The summed E-state index contributed by atoms with van der Waals surface area (Å²) < 4.78 is 15.9. The van der Waals surface area contributed by atoms with E-state index in [0.717, 1.165) is 32.5 Å². The number of nitrogens with two attached hydrogens (primary N) is 1. The van der Waals surface area contributed by atoms with Crippen LogP contribution in [0.4, 0.5) is 0 Å². The maximum absolute atomic E-state index is 11.2. The minimum absolute atomic E-state index is 0.0781. The van der Waals surface area contributed by atoms with Crippen molar-refractivity contribution in [2.75, 3.05) is 32.7 Å². The summed E-state index contributed by atoms with van der Waals surface area (Å²) in [6, 6.07) is -0.529. The van der Waals surface area contributed by atoms with Crippen LogP contribution in [0.5, 0.6) is 0 Å². The molecule has 0 radical (unpaired) electrons. The Labute approximate surface area is 112 Å². The summed E-state index contributed by atoms with van der Waals surface area (Å²) in [6.45, 7) is 2.26. The predicted molar refractivity (Wildman–Crippen MR) is 69.6 cm³/mol. The Kier molecular flexibility index (Phi) is 4.89. The topological polar surface area (TPSA) is 70.8 Å². The summed E-state index contributed by atoms with van der Waals surface area (Å²) in [5.41, 5.74) is 5.66. The van der Waals surface area contributed by atoms with Crippen LogP contribution >= 0.6 is 11.8 Å². The van der Waals surface area contributed by atoms with Gasteiger partial charge in [0.25, 0.3) is 0 Å². The number of ether oxygens (including phenoxy) is 3. The lowest BCUT2D eigenvalue weighted by Gasteiger charge is -2.37. The van der Waals surface area contributed by atoms with E-state index in [1.54, 1.807) is 11.8 Å². The molecule has 0 aromatic carbocycles. The van der Waals surface area contributed by atoms with Crippen LogP contribution in [0, 0.1) is 0 Å². The van der Waals surface area contributed by atoms with E-state index in [2.05, 4.69) is 4.74 Å². The highest BCUT2D eigenvalue weighted by Gasteiger charge is 2.41. The van der Waals surface area contributed by atoms with Crippen LogP contribution in [-0.2, 0) is 19.0 Å². The highest BCUT2D eigenvalue weighted by Crippen LogP contribution is 2.37. The standard InChI is InChI=1S/C12H21NO4S/c1-15-11(14)10(13)7-18-9-2-4-17-12(6-9)3-5-16-8-12/h9-10H,2-8,13H2,1H3. The lowest BCUT2D eigenvalue weighted by molar-refractivity contribution is -0.141. The molecule has 5 nitrogen and oxygen atoms in total. The van der Waals surface area contributed by atoms with Crippen molar-refractivity contribution < 1.29 is 19.0 Å². The quantitative estimate of drug-likeness (QED) is 0.756. The third-order valence-corrected chi connectivity index (χ3v) is 4.96. The second-order valence-corrected chi connectivity index (χ2v) is 6.25. The van der Waals surface area contributed by atoms with E-state index in [1.165, 1.54) is 7.11 Å². The van der Waals surface area contributed by atoms with Crippen molar-refractivity contribution in [1.29, 1.82) is 0 Å². The number of rotatable bonds is 4. The normalized spacial score (nSPS) is 33.6. The minimum Gasteiger partial charge on any atom is -0.468 e. The van der Waals surface area contributed by atoms with Crippen LogP contribution in [0.25, 0.3) is 0 Å². The van der Waals surface area contributed by atoms with Gasteiger partial charge in [-0.25, -0.2) is 0 Å². The second-order valence-electron chi connectivity index (χ2n) is 4.91. The zero-order valence-electron chi connectivity index (χ0n) is 10.7. The Bertz CT molecular complexity index is 294. The monoisotopic (exact) mass is 275 g/mol. The molecule has 0 bridgehead atoms. The first-order valence-corrected chi connectivity index (χ1v) is 7.37. The van der Waals surface area contributed by atoms with Gasteiger partial charge in [-0.3, -0.25) is 4.79 Å². The van der Waals surface area contributed by atoms with Crippen molar-refractivity contribution in [3.05, 3.63) is 0 Å². The molecule has 2 N–H and O–H groups in total. The van der Waals surface area contributed by atoms with Gasteiger partial charge in [-0.15, -0.1) is 0 Å². The smallest absolute Gasteiger partial charge is 0.323 e. The van der Waals surface area contributed by atoms with Crippen LogP contribution in [0.1, 0.15) is 19.3 Å². The van der Waals surface area contributed by atoms with Gasteiger partial charge < -0.3 is 19.9 Å². The number of hydrogen-bond donors (Lipinski definition) is 1. The summed E-state index contributed by atoms with van der Waals surface area (Å²) in [5.74, 6) is 0.266. The molecule has 0 aromatic rings. The van der Waals surface area contributed by atoms with Gasteiger partial charge in [0.05, 0.1) is 19.3 Å². The number of thioether (sulfide) groups is 1. The van der Waals surface area contributed by atoms with Crippen LogP contribution in [0.2, 0.25) is 0 Å². The molecule has 2 aliphatic rings. The molecule has 0 amide bonds. The molecule has 0 aliphatic carbocycles. The number of methoxy groups -OCH3 is 1. The molecule has 6 heteroatoms. The molecule has 2 heterocycles. The van der Waals surface area contributed by atoms with Gasteiger partial charge in [0.15, 0.2) is 0 Å². The molecular formula is C12H21NO4S. The van der Waals surface area contributed by atoms with Gasteiger partial charge in [0, 0.05) is 30.6 Å². The largest absolute Gasteiger partial charge is 0.468 e. The molecule has 2 aliphatic heterocycles. The molecule has 3 unspecified atom stereocenters. The lowest BCUT2D eigenvalue weighted by atomic mass is 9.93. The van der Waals surface area contributed by atoms with E-state index >= 15 is 0 Å².